The van der Waals surface area contributed by atoms with Crippen LogP contribution in [0.5, 0.6) is 0 Å². The summed E-state index contributed by atoms with van der Waals surface area (Å²) in [6.07, 6.45) is -5.11. The highest BCUT2D eigenvalue weighted by Gasteiger charge is 2.70. The van der Waals surface area contributed by atoms with Gasteiger partial charge in [-0.15, -0.1) is 11.8 Å². The molecule has 0 saturated carbocycles. The first-order valence-corrected chi connectivity index (χ1v) is 11.6. The highest BCUT2D eigenvalue weighted by Crippen LogP contribution is 2.65. The molecule has 12 heteroatoms. The summed E-state index contributed by atoms with van der Waals surface area (Å²) in [4.78, 5) is 23.7. The van der Waals surface area contributed by atoms with Gasteiger partial charge in [-0.2, -0.15) is 13.2 Å². The molecule has 2 aromatic rings. The number of aliphatic hydroxyl groups is 1. The third-order valence-electron chi connectivity index (χ3n) is 6.39. The molecule has 0 bridgehead atoms. The average Bonchev–Trinajstić information content (AvgIpc) is 3.34. The molecule has 1 saturated heterocycles. The van der Waals surface area contributed by atoms with Gasteiger partial charge in [-0.05, 0) is 59.7 Å². The lowest BCUT2D eigenvalue weighted by molar-refractivity contribution is -0.173. The van der Waals surface area contributed by atoms with E-state index in [1.165, 1.54) is 12.1 Å². The van der Waals surface area contributed by atoms with Gasteiger partial charge in [0.15, 0.2) is 5.82 Å². The fourth-order valence-corrected chi connectivity index (χ4v) is 6.99. The molecule has 0 radical (unpaired) electrons. The maximum Gasteiger partial charge on any atom is 0.407 e. The normalized spacial score (nSPS) is 26.5. The summed E-state index contributed by atoms with van der Waals surface area (Å²) in [7, 11) is 0. The summed E-state index contributed by atoms with van der Waals surface area (Å²) in [6.45, 7) is 0. The van der Waals surface area contributed by atoms with Gasteiger partial charge in [0, 0.05) is 6.42 Å². The van der Waals surface area contributed by atoms with Gasteiger partial charge in [-0.25, -0.2) is 9.18 Å². The number of hydrogen-bond donors (Lipinski definition) is 3. The Hall–Kier alpha value is -2.01. The summed E-state index contributed by atoms with van der Waals surface area (Å²) in [5.41, 5.74) is -2.52. The van der Waals surface area contributed by atoms with E-state index in [0.717, 1.165) is 12.1 Å². The Labute approximate surface area is 204 Å². The summed E-state index contributed by atoms with van der Waals surface area (Å²) >= 11 is 11.5. The van der Waals surface area contributed by atoms with Crippen molar-refractivity contribution in [3.63, 3.8) is 0 Å². The zero-order valence-corrected chi connectivity index (χ0v) is 19.4. The van der Waals surface area contributed by atoms with Crippen molar-refractivity contribution >= 4 is 46.9 Å². The van der Waals surface area contributed by atoms with Crippen LogP contribution in [0.3, 0.4) is 0 Å². The number of thioether (sulfide) groups is 1. The molecule has 182 valence electrons. The Bertz CT molecular complexity index is 1200. The molecule has 3 unspecified atom stereocenters. The number of aromatic carboxylic acids is 1. The fraction of sp³-hybridized carbons (Fsp3) is 0.364. The summed E-state index contributed by atoms with van der Waals surface area (Å²) < 4.78 is 54.8. The maximum atomic E-state index is 14.6. The zero-order valence-electron chi connectivity index (χ0n) is 17.0. The van der Waals surface area contributed by atoms with E-state index in [9.17, 15) is 42.5 Å². The predicted octanol–water partition coefficient (Wildman–Crippen LogP) is 5.55. The summed E-state index contributed by atoms with van der Waals surface area (Å²) in [5.74, 6) is -4.04. The second-order valence-corrected chi connectivity index (χ2v) is 10.5. The average molecular weight is 539 g/mol. The van der Waals surface area contributed by atoms with Gasteiger partial charge in [0.2, 0.25) is 0 Å². The first-order valence-electron chi connectivity index (χ1n) is 9.96. The largest absolute Gasteiger partial charge is 0.480 e. The van der Waals surface area contributed by atoms with E-state index in [1.54, 1.807) is 0 Å². The summed E-state index contributed by atoms with van der Waals surface area (Å²) in [5, 5.41) is 27.6. The van der Waals surface area contributed by atoms with E-state index in [0.29, 0.717) is 24.0 Å². The molecule has 1 aliphatic heterocycles. The molecule has 0 spiro atoms. The minimum Gasteiger partial charge on any atom is -0.480 e. The summed E-state index contributed by atoms with van der Waals surface area (Å²) in [6, 6.07) is 3.81. The van der Waals surface area contributed by atoms with E-state index in [1.807, 2.05) is 0 Å². The molecule has 3 atom stereocenters. The van der Waals surface area contributed by atoms with Crippen molar-refractivity contribution in [2.24, 2.45) is 0 Å². The number of carboxylic acid groups (broad SMARTS) is 2. The first-order chi connectivity index (χ1) is 15.7. The van der Waals surface area contributed by atoms with Crippen LogP contribution >= 0.6 is 35.0 Å². The van der Waals surface area contributed by atoms with Crippen LogP contribution in [0, 0.1) is 5.82 Å². The van der Waals surface area contributed by atoms with Crippen molar-refractivity contribution in [3.05, 3.63) is 67.9 Å². The van der Waals surface area contributed by atoms with Crippen LogP contribution in [0.25, 0.3) is 0 Å². The Morgan fingerprint density at radius 2 is 1.65 bits per heavy atom. The van der Waals surface area contributed by atoms with Crippen molar-refractivity contribution in [2.45, 2.75) is 47.5 Å². The third-order valence-corrected chi connectivity index (χ3v) is 8.78. The molecule has 1 fully saturated rings. The number of carboxylic acids is 2. The fourth-order valence-electron chi connectivity index (χ4n) is 4.91. The van der Waals surface area contributed by atoms with Gasteiger partial charge in [0.25, 0.3) is 0 Å². The van der Waals surface area contributed by atoms with Gasteiger partial charge in [-0.3, -0.25) is 4.79 Å². The van der Waals surface area contributed by atoms with Crippen molar-refractivity contribution in [1.29, 1.82) is 0 Å². The monoisotopic (exact) mass is 538 g/mol. The van der Waals surface area contributed by atoms with E-state index in [4.69, 9.17) is 23.2 Å². The molecular weight excluding hydrogens is 523 g/mol. The number of carbonyl (C=O) groups is 2. The number of rotatable bonds is 4. The molecule has 1 heterocycles. The Morgan fingerprint density at radius 1 is 1.06 bits per heavy atom. The lowest BCUT2D eigenvalue weighted by atomic mass is 9.76. The minimum atomic E-state index is -5.09. The smallest absolute Gasteiger partial charge is 0.407 e. The van der Waals surface area contributed by atoms with Gasteiger partial charge >= 0.3 is 18.1 Å². The van der Waals surface area contributed by atoms with E-state index >= 15 is 0 Å². The predicted molar refractivity (Wildman–Crippen MR) is 117 cm³/mol. The standard InChI is InChI=1S/C22H16Cl2F4O5S/c23-14-6-9(7-15(24)16(14)25)21(22(26,27)28)8-20(33,17(34-21)19(31)32)13-5-4-12(18(29)30)10-2-1-3-11(10)13/h4-7,17,33H,1-3,8H2,(H,29,30)(H,31,32). The van der Waals surface area contributed by atoms with Gasteiger partial charge in [0.05, 0.1) is 15.6 Å². The van der Waals surface area contributed by atoms with Crippen molar-refractivity contribution in [3.8, 4) is 0 Å². The van der Waals surface area contributed by atoms with Crippen molar-refractivity contribution in [1.82, 2.24) is 0 Å². The second-order valence-electron chi connectivity index (χ2n) is 8.29. The van der Waals surface area contributed by atoms with Gasteiger partial charge in [0.1, 0.15) is 15.6 Å². The molecule has 3 N–H and O–H groups in total. The second kappa shape index (κ2) is 8.29. The van der Waals surface area contributed by atoms with Crippen molar-refractivity contribution in [2.75, 3.05) is 0 Å². The van der Waals surface area contributed by atoms with Crippen LogP contribution in [0.4, 0.5) is 17.6 Å². The van der Waals surface area contributed by atoms with Crippen LogP contribution < -0.4 is 0 Å². The number of aliphatic carboxylic acids is 1. The number of fused-ring (bicyclic) bond motifs is 1. The van der Waals surface area contributed by atoms with E-state index in [-0.39, 0.29) is 29.3 Å². The SMILES string of the molecule is O=C(O)c1ccc(C2(O)CC(c3cc(Cl)c(F)c(Cl)c3)(C(F)(F)F)SC2C(=O)O)c2c1CCC2. The molecule has 1 aliphatic carbocycles. The van der Waals surface area contributed by atoms with E-state index in [2.05, 4.69) is 0 Å². The maximum absolute atomic E-state index is 14.6. The van der Waals surface area contributed by atoms with Crippen LogP contribution in [-0.4, -0.2) is 38.7 Å². The zero-order chi connectivity index (χ0) is 25.2. The number of alkyl halides is 3. The minimum absolute atomic E-state index is 0.0233. The highest BCUT2D eigenvalue weighted by atomic mass is 35.5. The Kier molecular flexibility index (Phi) is 6.12. The van der Waals surface area contributed by atoms with E-state index < -0.39 is 61.6 Å². The lowest BCUT2D eigenvalue weighted by Crippen LogP contribution is -2.42. The molecule has 0 amide bonds. The highest BCUT2D eigenvalue weighted by molar-refractivity contribution is 8.02. The van der Waals surface area contributed by atoms with Crippen LogP contribution in [-0.2, 0) is 28.0 Å². The number of halogens is 6. The topological polar surface area (TPSA) is 94.8 Å². The molecule has 34 heavy (non-hydrogen) atoms. The molecule has 4 rings (SSSR count). The van der Waals surface area contributed by atoms with Gasteiger partial charge in [-0.1, -0.05) is 29.3 Å². The first kappa shape index (κ1) is 25.1. The van der Waals surface area contributed by atoms with Crippen LogP contribution in [0.1, 0.15) is 45.5 Å². The lowest BCUT2D eigenvalue weighted by Gasteiger charge is -2.34. The van der Waals surface area contributed by atoms with Gasteiger partial charge < -0.3 is 15.3 Å². The molecule has 2 aromatic carbocycles. The van der Waals surface area contributed by atoms with Crippen molar-refractivity contribution < 1.29 is 42.5 Å². The number of benzene rings is 2. The molecule has 0 aromatic heterocycles. The third kappa shape index (κ3) is 3.66. The molecule has 2 aliphatic rings. The molecule has 5 nitrogen and oxygen atoms in total. The van der Waals surface area contributed by atoms with Crippen LogP contribution in [0.15, 0.2) is 24.3 Å². The Balaban J connectivity index is 1.96. The number of hydrogen-bond acceptors (Lipinski definition) is 4. The van der Waals surface area contributed by atoms with Crippen LogP contribution in [0.2, 0.25) is 10.0 Å². The Morgan fingerprint density at radius 3 is 2.18 bits per heavy atom. The molecular formula is C22H16Cl2F4O5S. The quantitative estimate of drug-likeness (QED) is 0.348.